The van der Waals surface area contributed by atoms with E-state index in [9.17, 15) is 0 Å². The molecule has 2 aromatic rings. The van der Waals surface area contributed by atoms with Gasteiger partial charge in [-0.3, -0.25) is 0 Å². The highest BCUT2D eigenvalue weighted by Crippen LogP contribution is 2.25. The average molecular weight is 298 g/mol. The molecule has 0 amide bonds. The molecule has 0 atom stereocenters. The maximum atomic E-state index is 4.53. The minimum absolute atomic E-state index is 0.457. The van der Waals surface area contributed by atoms with Crippen molar-refractivity contribution in [2.24, 2.45) is 0 Å². The van der Waals surface area contributed by atoms with Gasteiger partial charge in [-0.2, -0.15) is 4.98 Å². The summed E-state index contributed by atoms with van der Waals surface area (Å²) in [5.74, 6) is 1.96. The van der Waals surface area contributed by atoms with Gasteiger partial charge in [0.2, 0.25) is 5.95 Å². The molecule has 1 aromatic carbocycles. The number of para-hydroxylation sites is 1. The molecule has 0 saturated carbocycles. The Labute approximate surface area is 133 Å². The van der Waals surface area contributed by atoms with Crippen molar-refractivity contribution in [1.29, 1.82) is 0 Å². The molecular weight excluding hydrogens is 272 g/mol. The first-order valence-corrected chi connectivity index (χ1v) is 8.13. The summed E-state index contributed by atoms with van der Waals surface area (Å²) in [5.41, 5.74) is 2.34. The van der Waals surface area contributed by atoms with Gasteiger partial charge >= 0.3 is 0 Å². The van der Waals surface area contributed by atoms with Crippen LogP contribution in [0.4, 0.5) is 17.5 Å². The van der Waals surface area contributed by atoms with Crippen LogP contribution in [-0.4, -0.2) is 16.5 Å². The highest BCUT2D eigenvalue weighted by molar-refractivity contribution is 5.60. The standard InChI is InChI=1S/C18H26N4/c1-4-5-8-12-19-17-11-13-20-18(22-17)21-16-10-7-6-9-15(16)14(2)3/h6-7,9-11,13-14H,4-5,8,12H2,1-3H3,(H2,19,20,21,22). The molecule has 2 N–H and O–H groups in total. The summed E-state index contributed by atoms with van der Waals surface area (Å²) in [4.78, 5) is 8.85. The molecule has 0 aliphatic carbocycles. The van der Waals surface area contributed by atoms with Crippen LogP contribution < -0.4 is 10.6 Å². The Morgan fingerprint density at radius 3 is 2.68 bits per heavy atom. The lowest BCUT2D eigenvalue weighted by molar-refractivity contribution is 0.742. The third-order valence-electron chi connectivity index (χ3n) is 3.57. The number of anilines is 3. The Bertz CT molecular complexity index is 581. The van der Waals surface area contributed by atoms with Crippen molar-refractivity contribution in [2.75, 3.05) is 17.2 Å². The number of hydrogen-bond donors (Lipinski definition) is 2. The molecule has 4 heteroatoms. The molecule has 4 nitrogen and oxygen atoms in total. The Morgan fingerprint density at radius 2 is 1.91 bits per heavy atom. The number of aromatic nitrogens is 2. The number of nitrogens with zero attached hydrogens (tertiary/aromatic N) is 2. The molecule has 0 bridgehead atoms. The summed E-state index contributed by atoms with van der Waals surface area (Å²) in [6, 6.07) is 10.2. The smallest absolute Gasteiger partial charge is 0.229 e. The van der Waals surface area contributed by atoms with Crippen LogP contribution in [0.5, 0.6) is 0 Å². The fourth-order valence-electron chi connectivity index (χ4n) is 2.34. The fourth-order valence-corrected chi connectivity index (χ4v) is 2.34. The molecule has 0 spiro atoms. The van der Waals surface area contributed by atoms with E-state index in [1.165, 1.54) is 24.8 Å². The zero-order chi connectivity index (χ0) is 15.8. The van der Waals surface area contributed by atoms with Gasteiger partial charge < -0.3 is 10.6 Å². The molecule has 118 valence electrons. The zero-order valence-electron chi connectivity index (χ0n) is 13.8. The topological polar surface area (TPSA) is 49.8 Å². The van der Waals surface area contributed by atoms with Crippen LogP contribution in [0.15, 0.2) is 36.5 Å². The van der Waals surface area contributed by atoms with Gasteiger partial charge in [0.25, 0.3) is 0 Å². The van der Waals surface area contributed by atoms with Gasteiger partial charge in [-0.1, -0.05) is 51.8 Å². The number of nitrogens with one attached hydrogen (secondary N) is 2. The Balaban J connectivity index is 2.04. The largest absolute Gasteiger partial charge is 0.370 e. The van der Waals surface area contributed by atoms with E-state index in [2.05, 4.69) is 59.6 Å². The molecule has 0 radical (unpaired) electrons. The van der Waals surface area contributed by atoms with Crippen molar-refractivity contribution < 1.29 is 0 Å². The minimum atomic E-state index is 0.457. The lowest BCUT2D eigenvalue weighted by Gasteiger charge is -2.14. The quantitative estimate of drug-likeness (QED) is 0.677. The van der Waals surface area contributed by atoms with Gasteiger partial charge in [-0.05, 0) is 30.0 Å². The zero-order valence-corrected chi connectivity index (χ0v) is 13.8. The van der Waals surface area contributed by atoms with Gasteiger partial charge in [-0.15, -0.1) is 0 Å². The van der Waals surface area contributed by atoms with E-state index < -0.39 is 0 Å². The highest BCUT2D eigenvalue weighted by Gasteiger charge is 2.07. The van der Waals surface area contributed by atoms with Gasteiger partial charge in [-0.25, -0.2) is 4.98 Å². The third kappa shape index (κ3) is 4.72. The molecule has 1 aromatic heterocycles. The van der Waals surface area contributed by atoms with Crippen LogP contribution >= 0.6 is 0 Å². The van der Waals surface area contributed by atoms with Crippen molar-refractivity contribution in [2.45, 2.75) is 46.0 Å². The highest BCUT2D eigenvalue weighted by atomic mass is 15.1. The van der Waals surface area contributed by atoms with Crippen molar-refractivity contribution in [3.8, 4) is 0 Å². The van der Waals surface area contributed by atoms with Crippen molar-refractivity contribution in [3.63, 3.8) is 0 Å². The maximum absolute atomic E-state index is 4.53. The number of hydrogen-bond acceptors (Lipinski definition) is 4. The molecule has 1 heterocycles. The second kappa shape index (κ2) is 8.37. The lowest BCUT2D eigenvalue weighted by Crippen LogP contribution is -2.06. The van der Waals surface area contributed by atoms with Crippen LogP contribution in [0.2, 0.25) is 0 Å². The summed E-state index contributed by atoms with van der Waals surface area (Å²) in [6.45, 7) is 7.53. The van der Waals surface area contributed by atoms with Crippen LogP contribution in [-0.2, 0) is 0 Å². The first-order chi connectivity index (χ1) is 10.7. The van der Waals surface area contributed by atoms with Crippen LogP contribution in [0.3, 0.4) is 0 Å². The summed E-state index contributed by atoms with van der Waals surface area (Å²) in [5, 5.41) is 6.69. The Hall–Kier alpha value is -2.10. The second-order valence-electron chi connectivity index (χ2n) is 5.77. The fraction of sp³-hybridized carbons (Fsp3) is 0.444. The molecule has 0 saturated heterocycles. The second-order valence-corrected chi connectivity index (χ2v) is 5.77. The maximum Gasteiger partial charge on any atom is 0.229 e. The summed E-state index contributed by atoms with van der Waals surface area (Å²) in [6.07, 6.45) is 5.42. The van der Waals surface area contributed by atoms with E-state index in [4.69, 9.17) is 0 Å². The van der Waals surface area contributed by atoms with Gasteiger partial charge in [0.15, 0.2) is 0 Å². The van der Waals surface area contributed by atoms with Crippen molar-refractivity contribution >= 4 is 17.5 Å². The van der Waals surface area contributed by atoms with E-state index in [1.807, 2.05) is 12.1 Å². The SMILES string of the molecule is CCCCCNc1ccnc(Nc2ccccc2C(C)C)n1. The average Bonchev–Trinajstić information content (AvgIpc) is 2.52. The first-order valence-electron chi connectivity index (χ1n) is 8.13. The third-order valence-corrected chi connectivity index (χ3v) is 3.57. The van der Waals surface area contributed by atoms with Crippen molar-refractivity contribution in [3.05, 3.63) is 42.1 Å². The molecule has 0 fully saturated rings. The normalized spacial score (nSPS) is 10.7. The van der Waals surface area contributed by atoms with E-state index in [1.54, 1.807) is 6.20 Å². The molecular formula is C18H26N4. The number of rotatable bonds is 8. The van der Waals surface area contributed by atoms with Crippen molar-refractivity contribution in [1.82, 2.24) is 9.97 Å². The molecule has 0 aliphatic heterocycles. The monoisotopic (exact) mass is 298 g/mol. The lowest BCUT2D eigenvalue weighted by atomic mass is 10.0. The van der Waals surface area contributed by atoms with E-state index in [0.29, 0.717) is 11.9 Å². The predicted molar refractivity (Wildman–Crippen MR) is 93.9 cm³/mol. The number of benzene rings is 1. The van der Waals surface area contributed by atoms with Gasteiger partial charge in [0.05, 0.1) is 0 Å². The number of unbranched alkanes of at least 4 members (excludes halogenated alkanes) is 2. The Kier molecular flexibility index (Phi) is 6.19. The predicted octanol–water partition coefficient (Wildman–Crippen LogP) is 4.95. The molecule has 2 rings (SSSR count). The molecule has 0 aliphatic rings. The molecule has 22 heavy (non-hydrogen) atoms. The molecule has 0 unspecified atom stereocenters. The Morgan fingerprint density at radius 1 is 1.09 bits per heavy atom. The summed E-state index contributed by atoms with van der Waals surface area (Å²) < 4.78 is 0. The first kappa shape index (κ1) is 16.3. The van der Waals surface area contributed by atoms with Gasteiger partial charge in [0, 0.05) is 18.4 Å². The van der Waals surface area contributed by atoms with Crippen LogP contribution in [0, 0.1) is 0 Å². The van der Waals surface area contributed by atoms with E-state index in [-0.39, 0.29) is 0 Å². The van der Waals surface area contributed by atoms with Crippen LogP contribution in [0.25, 0.3) is 0 Å². The van der Waals surface area contributed by atoms with E-state index in [0.717, 1.165) is 18.1 Å². The minimum Gasteiger partial charge on any atom is -0.370 e. The van der Waals surface area contributed by atoms with Gasteiger partial charge in [0.1, 0.15) is 5.82 Å². The van der Waals surface area contributed by atoms with E-state index >= 15 is 0 Å². The summed E-state index contributed by atoms with van der Waals surface area (Å²) in [7, 11) is 0. The summed E-state index contributed by atoms with van der Waals surface area (Å²) >= 11 is 0. The van der Waals surface area contributed by atoms with Crippen LogP contribution in [0.1, 0.15) is 51.5 Å².